The summed E-state index contributed by atoms with van der Waals surface area (Å²) < 4.78 is 11.5. The van der Waals surface area contributed by atoms with Crippen LogP contribution in [0.2, 0.25) is 0 Å². The summed E-state index contributed by atoms with van der Waals surface area (Å²) in [4.78, 5) is 0. The molecule has 1 saturated heterocycles. The Labute approximate surface area is 182 Å². The first-order valence-corrected chi connectivity index (χ1v) is 11.0. The van der Waals surface area contributed by atoms with Gasteiger partial charge in [-0.3, -0.25) is 0 Å². The van der Waals surface area contributed by atoms with Gasteiger partial charge >= 0.3 is 0 Å². The lowest BCUT2D eigenvalue weighted by molar-refractivity contribution is -0.329. The van der Waals surface area contributed by atoms with Gasteiger partial charge in [0.25, 0.3) is 0 Å². The lowest BCUT2D eigenvalue weighted by Gasteiger charge is -2.45. The third-order valence-corrected chi connectivity index (χ3v) is 8.07. The number of hydrogen-bond acceptors (Lipinski definition) is 10. The van der Waals surface area contributed by atoms with Gasteiger partial charge in [-0.25, -0.2) is 0 Å². The van der Waals surface area contributed by atoms with Crippen LogP contribution >= 0.6 is 0 Å². The Bertz CT molecular complexity index is 625. The van der Waals surface area contributed by atoms with E-state index < -0.39 is 78.7 Å². The number of hydrogen-bond donors (Lipinski definition) is 8. The molecule has 0 spiro atoms. The minimum atomic E-state index is -1.56. The van der Waals surface area contributed by atoms with E-state index in [2.05, 4.69) is 0 Å². The van der Waals surface area contributed by atoms with Crippen LogP contribution in [-0.2, 0) is 9.47 Å². The second kappa shape index (κ2) is 8.75. The zero-order valence-corrected chi connectivity index (χ0v) is 18.3. The van der Waals surface area contributed by atoms with Gasteiger partial charge in [0.05, 0.1) is 36.1 Å². The fourth-order valence-electron chi connectivity index (χ4n) is 5.72. The van der Waals surface area contributed by atoms with E-state index in [1.165, 1.54) is 6.92 Å². The van der Waals surface area contributed by atoms with Gasteiger partial charge < -0.3 is 50.3 Å². The number of fused-ring (bicyclic) bond motifs is 1. The standard InChI is InChI=1S/C21H38O10/c1-19(2,31-18-17(27)16(26)15(25)13(8-22)30-18)10-4-5-21(29,9-23)12-7-14(24)20(3,28)11(12)6-10/h10-18,22-29H,4-9H2,1-3H3/t10-,11-,12+,13+,14+,15+,16-,17+,18-,20-,21-/m0/s1. The molecule has 1 aliphatic heterocycles. The number of rotatable bonds is 5. The molecule has 8 N–H and O–H groups in total. The smallest absolute Gasteiger partial charge is 0.187 e. The van der Waals surface area contributed by atoms with Gasteiger partial charge in [-0.15, -0.1) is 0 Å². The molecule has 10 nitrogen and oxygen atoms in total. The maximum Gasteiger partial charge on any atom is 0.187 e. The quantitative estimate of drug-likeness (QED) is 0.230. The van der Waals surface area contributed by atoms with Gasteiger partial charge in [0.2, 0.25) is 0 Å². The molecule has 11 atom stereocenters. The summed E-state index contributed by atoms with van der Waals surface area (Å²) in [6, 6.07) is 0. The summed E-state index contributed by atoms with van der Waals surface area (Å²) in [6.45, 7) is 4.00. The second-order valence-electron chi connectivity index (χ2n) is 10.3. The molecule has 1 heterocycles. The molecular formula is C21H38O10. The van der Waals surface area contributed by atoms with Crippen molar-refractivity contribution in [2.24, 2.45) is 17.8 Å². The summed E-state index contributed by atoms with van der Waals surface area (Å²) in [5, 5.41) is 82.1. The largest absolute Gasteiger partial charge is 0.394 e. The van der Waals surface area contributed by atoms with E-state index >= 15 is 0 Å². The van der Waals surface area contributed by atoms with Gasteiger partial charge in [0.1, 0.15) is 24.4 Å². The molecule has 3 aliphatic rings. The molecule has 3 rings (SSSR count). The number of aliphatic hydroxyl groups excluding tert-OH is 6. The predicted molar refractivity (Wildman–Crippen MR) is 107 cm³/mol. The van der Waals surface area contributed by atoms with E-state index in [0.717, 1.165) is 0 Å². The van der Waals surface area contributed by atoms with Crippen LogP contribution < -0.4 is 0 Å². The minimum absolute atomic E-state index is 0.176. The molecule has 0 aromatic rings. The third kappa shape index (κ3) is 4.40. The molecule has 10 heteroatoms. The first kappa shape index (κ1) is 25.2. The summed E-state index contributed by atoms with van der Waals surface area (Å²) in [5.41, 5.74) is -3.86. The Morgan fingerprint density at radius 1 is 0.968 bits per heavy atom. The summed E-state index contributed by atoms with van der Waals surface area (Å²) in [5.74, 6) is -1.25. The van der Waals surface area contributed by atoms with Crippen LogP contribution in [-0.4, -0.2) is 108 Å². The summed E-state index contributed by atoms with van der Waals surface area (Å²) in [7, 11) is 0. The van der Waals surface area contributed by atoms with Crippen LogP contribution in [0.15, 0.2) is 0 Å². The minimum Gasteiger partial charge on any atom is -0.394 e. The van der Waals surface area contributed by atoms with Crippen LogP contribution in [0.1, 0.15) is 46.5 Å². The Kier molecular flexibility index (Phi) is 7.12. The van der Waals surface area contributed by atoms with Crippen LogP contribution in [0, 0.1) is 17.8 Å². The Hall–Kier alpha value is -0.400. The Balaban J connectivity index is 1.82. The van der Waals surface area contributed by atoms with Crippen molar-refractivity contribution in [1.82, 2.24) is 0 Å². The highest BCUT2D eigenvalue weighted by Gasteiger charge is 2.60. The van der Waals surface area contributed by atoms with Crippen molar-refractivity contribution in [3.8, 4) is 0 Å². The Morgan fingerprint density at radius 2 is 1.61 bits per heavy atom. The average molecular weight is 451 g/mol. The van der Waals surface area contributed by atoms with Gasteiger partial charge in [0, 0.05) is 0 Å². The van der Waals surface area contributed by atoms with Crippen molar-refractivity contribution in [1.29, 1.82) is 0 Å². The SMILES string of the molecule is CC(C)(O[C@@H]1O[C@H](CO)[C@@H](O)[C@H](O)[C@H]1O)[C@H]1CC[C@](O)(CO)[C@@H]2C[C@@H](O)[C@@](C)(O)[C@H]2C1. The monoisotopic (exact) mass is 450 g/mol. The van der Waals surface area contributed by atoms with Crippen LogP contribution in [0.4, 0.5) is 0 Å². The van der Waals surface area contributed by atoms with Crippen molar-refractivity contribution in [2.45, 2.75) is 100 Å². The Morgan fingerprint density at radius 3 is 2.19 bits per heavy atom. The molecule has 0 amide bonds. The van der Waals surface area contributed by atoms with E-state index in [-0.39, 0.29) is 18.8 Å². The van der Waals surface area contributed by atoms with E-state index in [1.807, 2.05) is 0 Å². The van der Waals surface area contributed by atoms with E-state index in [4.69, 9.17) is 9.47 Å². The highest BCUT2D eigenvalue weighted by atomic mass is 16.7. The molecular weight excluding hydrogens is 412 g/mol. The molecule has 182 valence electrons. The molecule has 2 saturated carbocycles. The van der Waals surface area contributed by atoms with Crippen molar-refractivity contribution >= 4 is 0 Å². The molecule has 0 aromatic carbocycles. The fourth-order valence-corrected chi connectivity index (χ4v) is 5.72. The molecule has 31 heavy (non-hydrogen) atoms. The zero-order chi connectivity index (χ0) is 23.4. The normalized spacial score (nSPS) is 51.4. The fraction of sp³-hybridized carbons (Fsp3) is 1.00. The van der Waals surface area contributed by atoms with Crippen LogP contribution in [0.25, 0.3) is 0 Å². The predicted octanol–water partition coefficient (Wildman–Crippen LogP) is -2.15. The van der Waals surface area contributed by atoms with E-state index in [9.17, 15) is 40.9 Å². The van der Waals surface area contributed by atoms with E-state index in [1.54, 1.807) is 13.8 Å². The molecule has 0 radical (unpaired) electrons. The lowest BCUT2D eigenvalue weighted by Crippen LogP contribution is -2.61. The highest BCUT2D eigenvalue weighted by molar-refractivity contribution is 5.10. The maximum atomic E-state index is 11.1. The summed E-state index contributed by atoms with van der Waals surface area (Å²) in [6.07, 6.45) is -6.78. The van der Waals surface area contributed by atoms with Gasteiger partial charge in [-0.1, -0.05) is 0 Å². The van der Waals surface area contributed by atoms with Crippen molar-refractivity contribution in [2.75, 3.05) is 13.2 Å². The van der Waals surface area contributed by atoms with Gasteiger partial charge in [-0.05, 0) is 64.2 Å². The molecule has 0 aromatic heterocycles. The zero-order valence-electron chi connectivity index (χ0n) is 18.3. The molecule has 3 fully saturated rings. The average Bonchev–Trinajstić information content (AvgIpc) is 2.84. The third-order valence-electron chi connectivity index (χ3n) is 8.07. The van der Waals surface area contributed by atoms with Crippen molar-refractivity contribution in [3.63, 3.8) is 0 Å². The van der Waals surface area contributed by atoms with E-state index in [0.29, 0.717) is 12.8 Å². The van der Waals surface area contributed by atoms with Crippen molar-refractivity contribution in [3.05, 3.63) is 0 Å². The maximum absolute atomic E-state index is 11.1. The lowest BCUT2D eigenvalue weighted by atomic mass is 9.74. The second-order valence-corrected chi connectivity index (χ2v) is 10.3. The molecule has 0 bridgehead atoms. The topological polar surface area (TPSA) is 180 Å². The van der Waals surface area contributed by atoms with Gasteiger partial charge in [0.15, 0.2) is 6.29 Å². The molecule has 0 unspecified atom stereocenters. The first-order chi connectivity index (χ1) is 14.3. The van der Waals surface area contributed by atoms with Crippen LogP contribution in [0.5, 0.6) is 0 Å². The van der Waals surface area contributed by atoms with Crippen molar-refractivity contribution < 1.29 is 50.3 Å². The molecule has 2 aliphatic carbocycles. The first-order valence-electron chi connectivity index (χ1n) is 11.0. The van der Waals surface area contributed by atoms with Gasteiger partial charge in [-0.2, -0.15) is 0 Å². The summed E-state index contributed by atoms with van der Waals surface area (Å²) >= 11 is 0. The van der Waals surface area contributed by atoms with Crippen LogP contribution in [0.3, 0.4) is 0 Å². The highest BCUT2D eigenvalue weighted by Crippen LogP contribution is 2.54. The number of ether oxygens (including phenoxy) is 2. The number of aliphatic hydroxyl groups is 8.